The monoisotopic (exact) mass is 281 g/mol. The van der Waals surface area contributed by atoms with E-state index in [1.54, 1.807) is 19.1 Å². The molecular weight excluding hydrogens is 266 g/mol. The Morgan fingerprint density at radius 2 is 1.71 bits per heavy atom. The molecule has 0 saturated heterocycles. The van der Waals surface area contributed by atoms with Gasteiger partial charge in [0.1, 0.15) is 11.6 Å². The van der Waals surface area contributed by atoms with Crippen LogP contribution >= 0.6 is 0 Å². The van der Waals surface area contributed by atoms with E-state index in [0.717, 1.165) is 10.5 Å². The SMILES string of the molecule is CC1=C(C#N)C(=O)N(C)C(=O)C1=CC=C1C=CN(C)C=C1. The third-order valence-electron chi connectivity index (χ3n) is 3.39. The van der Waals surface area contributed by atoms with Gasteiger partial charge < -0.3 is 4.90 Å². The summed E-state index contributed by atoms with van der Waals surface area (Å²) in [5, 5.41) is 9.06. The van der Waals surface area contributed by atoms with Crippen molar-refractivity contribution in [2.75, 3.05) is 14.1 Å². The van der Waals surface area contributed by atoms with Gasteiger partial charge in [-0.1, -0.05) is 6.08 Å². The Morgan fingerprint density at radius 3 is 2.29 bits per heavy atom. The summed E-state index contributed by atoms with van der Waals surface area (Å²) in [7, 11) is 3.30. The highest BCUT2D eigenvalue weighted by Crippen LogP contribution is 2.24. The highest BCUT2D eigenvalue weighted by Gasteiger charge is 2.32. The van der Waals surface area contributed by atoms with Gasteiger partial charge in [-0.05, 0) is 36.3 Å². The van der Waals surface area contributed by atoms with Gasteiger partial charge in [-0.3, -0.25) is 14.5 Å². The maximum absolute atomic E-state index is 12.2. The van der Waals surface area contributed by atoms with Gasteiger partial charge in [0, 0.05) is 32.1 Å². The molecule has 2 heterocycles. The van der Waals surface area contributed by atoms with E-state index >= 15 is 0 Å². The number of imide groups is 1. The molecule has 0 atom stereocenters. The van der Waals surface area contributed by atoms with E-state index in [1.165, 1.54) is 7.05 Å². The number of nitrogens with zero attached hydrogens (tertiary/aromatic N) is 3. The second-order valence-electron chi connectivity index (χ2n) is 4.83. The molecule has 0 aromatic rings. The maximum Gasteiger partial charge on any atom is 0.271 e. The summed E-state index contributed by atoms with van der Waals surface area (Å²) in [6, 6.07) is 1.87. The Hall–Kier alpha value is -2.87. The summed E-state index contributed by atoms with van der Waals surface area (Å²) in [4.78, 5) is 26.8. The van der Waals surface area contributed by atoms with Crippen molar-refractivity contribution in [3.05, 3.63) is 59.0 Å². The number of allylic oxidation sites excluding steroid dienone is 5. The molecule has 0 N–H and O–H groups in total. The number of nitriles is 1. The number of hydrogen-bond acceptors (Lipinski definition) is 4. The minimum atomic E-state index is -0.552. The van der Waals surface area contributed by atoms with Crippen LogP contribution in [0.2, 0.25) is 0 Å². The molecule has 21 heavy (non-hydrogen) atoms. The van der Waals surface area contributed by atoms with E-state index in [-0.39, 0.29) is 5.57 Å². The predicted octanol–water partition coefficient (Wildman–Crippen LogP) is 1.65. The number of amides is 2. The lowest BCUT2D eigenvalue weighted by molar-refractivity contribution is -0.138. The van der Waals surface area contributed by atoms with Crippen molar-refractivity contribution < 1.29 is 9.59 Å². The fourth-order valence-corrected chi connectivity index (χ4v) is 2.03. The quantitative estimate of drug-likeness (QED) is 0.541. The van der Waals surface area contributed by atoms with Crippen LogP contribution in [0.5, 0.6) is 0 Å². The van der Waals surface area contributed by atoms with Crippen LogP contribution in [0.3, 0.4) is 0 Å². The maximum atomic E-state index is 12.2. The molecule has 0 bridgehead atoms. The Bertz CT molecular complexity index is 684. The lowest BCUT2D eigenvalue weighted by atomic mass is 9.95. The van der Waals surface area contributed by atoms with E-state index in [2.05, 4.69) is 0 Å². The van der Waals surface area contributed by atoms with Crippen LogP contribution in [0.4, 0.5) is 0 Å². The van der Waals surface area contributed by atoms with Crippen molar-refractivity contribution in [2.24, 2.45) is 0 Å². The fourth-order valence-electron chi connectivity index (χ4n) is 2.03. The van der Waals surface area contributed by atoms with Crippen molar-refractivity contribution in [3.63, 3.8) is 0 Å². The Kier molecular flexibility index (Phi) is 3.90. The van der Waals surface area contributed by atoms with Crippen LogP contribution in [0, 0.1) is 11.3 Å². The van der Waals surface area contributed by atoms with Gasteiger partial charge in [-0.2, -0.15) is 5.26 Å². The summed E-state index contributed by atoms with van der Waals surface area (Å²) in [6.45, 7) is 1.62. The standard InChI is InChI=1S/C16H15N3O2/c1-11-13(5-4-12-6-8-18(2)9-7-12)15(20)19(3)16(21)14(11)10-17/h4-9H,1-3H3. The zero-order valence-corrected chi connectivity index (χ0v) is 12.1. The first kappa shape index (κ1) is 14.5. The average Bonchev–Trinajstić information content (AvgIpc) is 2.47. The van der Waals surface area contributed by atoms with E-state index in [4.69, 9.17) is 5.26 Å². The van der Waals surface area contributed by atoms with Crippen molar-refractivity contribution in [2.45, 2.75) is 6.92 Å². The van der Waals surface area contributed by atoms with Gasteiger partial charge in [-0.25, -0.2) is 0 Å². The minimum absolute atomic E-state index is 0.0104. The topological polar surface area (TPSA) is 64.4 Å². The molecule has 2 aliphatic heterocycles. The molecule has 0 fully saturated rings. The summed E-state index contributed by atoms with van der Waals surface area (Å²) in [5.74, 6) is -0.946. The molecule has 106 valence electrons. The number of hydrogen-bond donors (Lipinski definition) is 0. The highest BCUT2D eigenvalue weighted by atomic mass is 16.2. The van der Waals surface area contributed by atoms with Gasteiger partial charge >= 0.3 is 0 Å². The van der Waals surface area contributed by atoms with E-state index in [0.29, 0.717) is 11.1 Å². The van der Waals surface area contributed by atoms with E-state index in [9.17, 15) is 9.59 Å². The first-order valence-electron chi connectivity index (χ1n) is 6.39. The Balaban J connectivity index is 2.43. The van der Waals surface area contributed by atoms with Crippen LogP contribution in [0.15, 0.2) is 59.0 Å². The van der Waals surface area contributed by atoms with E-state index in [1.807, 2.05) is 42.6 Å². The molecule has 0 saturated carbocycles. The van der Waals surface area contributed by atoms with Crippen molar-refractivity contribution in [1.82, 2.24) is 9.80 Å². The largest absolute Gasteiger partial charge is 0.357 e. The Labute approximate surface area is 123 Å². The molecular formula is C16H15N3O2. The number of rotatable bonds is 1. The molecule has 0 aromatic heterocycles. The zero-order valence-electron chi connectivity index (χ0n) is 12.1. The second-order valence-corrected chi connectivity index (χ2v) is 4.83. The van der Waals surface area contributed by atoms with Gasteiger partial charge in [0.05, 0.1) is 0 Å². The third-order valence-corrected chi connectivity index (χ3v) is 3.39. The summed E-state index contributed by atoms with van der Waals surface area (Å²) in [6.07, 6.45) is 11.0. The molecule has 0 aliphatic carbocycles. The molecule has 0 radical (unpaired) electrons. The third kappa shape index (κ3) is 2.70. The highest BCUT2D eigenvalue weighted by molar-refractivity contribution is 6.17. The minimum Gasteiger partial charge on any atom is -0.357 e. The first-order valence-corrected chi connectivity index (χ1v) is 6.39. The lowest BCUT2D eigenvalue weighted by Crippen LogP contribution is -2.39. The molecule has 2 rings (SSSR count). The second kappa shape index (κ2) is 5.63. The van der Waals surface area contributed by atoms with E-state index < -0.39 is 11.8 Å². The van der Waals surface area contributed by atoms with Crippen LogP contribution in [0.1, 0.15) is 6.92 Å². The number of carbonyl (C=O) groups excluding carboxylic acids is 2. The predicted molar refractivity (Wildman–Crippen MR) is 78.3 cm³/mol. The lowest BCUT2D eigenvalue weighted by Gasteiger charge is -2.23. The van der Waals surface area contributed by atoms with Crippen LogP contribution in [-0.2, 0) is 9.59 Å². The molecule has 5 heteroatoms. The van der Waals surface area contributed by atoms with Crippen molar-refractivity contribution >= 4 is 11.8 Å². The summed E-state index contributed by atoms with van der Waals surface area (Å²) >= 11 is 0. The van der Waals surface area contributed by atoms with Gasteiger partial charge in [0.2, 0.25) is 0 Å². The van der Waals surface area contributed by atoms with Crippen LogP contribution < -0.4 is 0 Å². The number of likely N-dealkylation sites (N-methyl/N-ethyl adjacent to an activating group) is 1. The Morgan fingerprint density at radius 1 is 1.10 bits per heavy atom. The summed E-state index contributed by atoms with van der Waals surface area (Å²) < 4.78 is 0. The normalized spacial score (nSPS) is 20.5. The first-order chi connectivity index (χ1) is 9.95. The fraction of sp³-hybridized carbons (Fsp3) is 0.188. The molecule has 2 aliphatic rings. The smallest absolute Gasteiger partial charge is 0.271 e. The van der Waals surface area contributed by atoms with Gasteiger partial charge in [0.25, 0.3) is 11.8 Å². The van der Waals surface area contributed by atoms with Gasteiger partial charge in [0.15, 0.2) is 0 Å². The van der Waals surface area contributed by atoms with Gasteiger partial charge in [-0.15, -0.1) is 0 Å². The average molecular weight is 281 g/mol. The van der Waals surface area contributed by atoms with Crippen LogP contribution in [-0.4, -0.2) is 35.7 Å². The zero-order chi connectivity index (χ0) is 15.6. The van der Waals surface area contributed by atoms with Crippen molar-refractivity contribution in [3.8, 4) is 6.07 Å². The molecule has 0 aromatic carbocycles. The molecule has 0 unspecified atom stereocenters. The van der Waals surface area contributed by atoms with Crippen LogP contribution in [0.25, 0.3) is 0 Å². The van der Waals surface area contributed by atoms with Crippen molar-refractivity contribution in [1.29, 1.82) is 5.26 Å². The molecule has 2 amide bonds. The molecule has 5 nitrogen and oxygen atoms in total. The number of carbonyl (C=O) groups is 2. The molecule has 0 spiro atoms. The summed E-state index contributed by atoms with van der Waals surface area (Å²) in [5.41, 5.74) is 1.72.